The van der Waals surface area contributed by atoms with Crippen LogP contribution in [0.15, 0.2) is 34.1 Å². The van der Waals surface area contributed by atoms with E-state index in [4.69, 9.17) is 14.5 Å². The maximum atomic E-state index is 12.9. The number of hydrogen-bond donors (Lipinski definition) is 0. The fourth-order valence-electron chi connectivity index (χ4n) is 3.56. The number of esters is 1. The first-order valence-corrected chi connectivity index (χ1v) is 11.4. The number of pyridine rings is 1. The summed E-state index contributed by atoms with van der Waals surface area (Å²) in [4.78, 5) is 50.0. The lowest BCUT2D eigenvalue weighted by Crippen LogP contribution is -2.40. The van der Waals surface area contributed by atoms with Crippen molar-refractivity contribution in [1.82, 2.24) is 24.1 Å². The van der Waals surface area contributed by atoms with Gasteiger partial charge in [-0.1, -0.05) is 13.8 Å². The van der Waals surface area contributed by atoms with Crippen molar-refractivity contribution < 1.29 is 14.3 Å². The van der Waals surface area contributed by atoms with Crippen LogP contribution in [0.2, 0.25) is 0 Å². The Kier molecular flexibility index (Phi) is 8.50. The molecular weight excluding hydrogens is 438 g/mol. The summed E-state index contributed by atoms with van der Waals surface area (Å²) in [6.45, 7) is 6.29. The van der Waals surface area contributed by atoms with Crippen LogP contribution < -0.4 is 16.0 Å². The van der Waals surface area contributed by atoms with Crippen molar-refractivity contribution in [1.29, 1.82) is 0 Å². The first-order chi connectivity index (χ1) is 16.3. The number of carbonyl (C=O) groups excluding carboxylic acids is 1. The maximum Gasteiger partial charge on any atom is 0.332 e. The van der Waals surface area contributed by atoms with E-state index in [1.165, 1.54) is 18.5 Å². The van der Waals surface area contributed by atoms with Gasteiger partial charge in [0, 0.05) is 26.7 Å². The zero-order chi connectivity index (χ0) is 24.7. The van der Waals surface area contributed by atoms with Gasteiger partial charge in [0.25, 0.3) is 5.56 Å². The minimum atomic E-state index is -0.469. The number of fused-ring (bicyclic) bond motifs is 1. The molecule has 0 amide bonds. The molecule has 0 N–H and O–H groups in total. The van der Waals surface area contributed by atoms with Gasteiger partial charge in [-0.15, -0.1) is 0 Å². The predicted octanol–water partition coefficient (Wildman–Crippen LogP) is 2.40. The Bertz CT molecular complexity index is 1250. The topological polar surface area (TPSA) is 118 Å². The van der Waals surface area contributed by atoms with E-state index < -0.39 is 11.2 Å². The van der Waals surface area contributed by atoms with Gasteiger partial charge in [0.05, 0.1) is 18.5 Å². The molecule has 0 unspecified atom stereocenters. The molecule has 3 rings (SSSR count). The molecule has 0 aliphatic heterocycles. The molecule has 0 saturated heterocycles. The largest absolute Gasteiger partial charge is 0.486 e. The van der Waals surface area contributed by atoms with Gasteiger partial charge in [0.1, 0.15) is 18.1 Å². The van der Waals surface area contributed by atoms with Crippen molar-refractivity contribution in [3.8, 4) is 5.75 Å². The lowest BCUT2D eigenvalue weighted by atomic mass is 10.1. The number of hydrogen-bond acceptors (Lipinski definition) is 8. The Balaban J connectivity index is 1.96. The van der Waals surface area contributed by atoms with Crippen LogP contribution in [0.4, 0.5) is 0 Å². The lowest BCUT2D eigenvalue weighted by Gasteiger charge is -2.16. The van der Waals surface area contributed by atoms with Crippen LogP contribution in [0, 0.1) is 5.92 Å². The van der Waals surface area contributed by atoms with Crippen LogP contribution >= 0.6 is 0 Å². The van der Waals surface area contributed by atoms with Gasteiger partial charge in [0.15, 0.2) is 11.2 Å². The zero-order valence-corrected chi connectivity index (χ0v) is 20.1. The molecule has 0 atom stereocenters. The molecule has 10 heteroatoms. The molecule has 3 aromatic heterocycles. The van der Waals surface area contributed by atoms with Gasteiger partial charge in [-0.2, -0.15) is 0 Å². The molecular formula is C24H31N5O5. The highest BCUT2D eigenvalue weighted by Gasteiger charge is 2.18. The minimum absolute atomic E-state index is 0.127. The number of rotatable bonds is 11. The molecule has 0 bridgehead atoms. The molecule has 10 nitrogen and oxygen atoms in total. The lowest BCUT2D eigenvalue weighted by molar-refractivity contribution is -0.141. The monoisotopic (exact) mass is 469 g/mol. The van der Waals surface area contributed by atoms with Crippen LogP contribution in [0.25, 0.3) is 11.2 Å². The van der Waals surface area contributed by atoms with Gasteiger partial charge < -0.3 is 9.47 Å². The van der Waals surface area contributed by atoms with E-state index in [2.05, 4.69) is 9.97 Å². The summed E-state index contributed by atoms with van der Waals surface area (Å²) in [6.07, 6.45) is 6.16. The standard InChI is InChI=1S/C24H31N5O5/c1-16(2)14-29-22-21(23(31)28(4)24(29)32)26-19(10-6-5-7-12-33-17(3)30)20(27-22)15-34-18-9-8-11-25-13-18/h8-9,11,13,16H,5-7,10,12,14-15H2,1-4H3. The smallest absolute Gasteiger partial charge is 0.332 e. The number of aromatic nitrogens is 5. The summed E-state index contributed by atoms with van der Waals surface area (Å²) in [5.74, 6) is 0.464. The molecule has 0 aliphatic rings. The second-order valence-electron chi connectivity index (χ2n) is 8.57. The Labute approximate surface area is 197 Å². The Morgan fingerprint density at radius 3 is 2.59 bits per heavy atom. The molecule has 3 heterocycles. The fraction of sp³-hybridized carbons (Fsp3) is 0.500. The Hall–Kier alpha value is -3.56. The van der Waals surface area contributed by atoms with Crippen LogP contribution in [0.3, 0.4) is 0 Å². The van der Waals surface area contributed by atoms with E-state index >= 15 is 0 Å². The SMILES string of the molecule is CC(=O)OCCCCCc1nc2c(=O)n(C)c(=O)n(CC(C)C)c2nc1COc1cccnc1. The average Bonchev–Trinajstić information content (AvgIpc) is 2.81. The molecule has 0 fully saturated rings. The number of nitrogens with zero attached hydrogens (tertiary/aromatic N) is 5. The van der Waals surface area contributed by atoms with E-state index in [1.807, 2.05) is 13.8 Å². The fourth-order valence-corrected chi connectivity index (χ4v) is 3.56. The van der Waals surface area contributed by atoms with Crippen molar-refractivity contribution in [2.24, 2.45) is 13.0 Å². The van der Waals surface area contributed by atoms with Crippen LogP contribution in [-0.4, -0.2) is 36.7 Å². The molecule has 0 spiro atoms. The quantitative estimate of drug-likeness (QED) is 0.310. The number of ether oxygens (including phenoxy) is 2. The van der Waals surface area contributed by atoms with Crippen molar-refractivity contribution in [3.63, 3.8) is 0 Å². The Morgan fingerprint density at radius 1 is 1.12 bits per heavy atom. The van der Waals surface area contributed by atoms with Gasteiger partial charge in [0.2, 0.25) is 0 Å². The third kappa shape index (κ3) is 6.27. The third-order valence-electron chi connectivity index (χ3n) is 5.23. The van der Waals surface area contributed by atoms with E-state index in [9.17, 15) is 14.4 Å². The van der Waals surface area contributed by atoms with Crippen molar-refractivity contribution >= 4 is 17.1 Å². The van der Waals surface area contributed by atoms with E-state index in [-0.39, 0.29) is 29.7 Å². The van der Waals surface area contributed by atoms with Crippen molar-refractivity contribution in [3.05, 3.63) is 56.8 Å². The maximum absolute atomic E-state index is 12.9. The summed E-state index contributed by atoms with van der Waals surface area (Å²) in [7, 11) is 1.46. The van der Waals surface area contributed by atoms with Crippen LogP contribution in [0.1, 0.15) is 51.4 Å². The summed E-state index contributed by atoms with van der Waals surface area (Å²) >= 11 is 0. The summed E-state index contributed by atoms with van der Waals surface area (Å²) in [5, 5.41) is 0. The van der Waals surface area contributed by atoms with Gasteiger partial charge in [-0.3, -0.25) is 23.7 Å². The summed E-state index contributed by atoms with van der Waals surface area (Å²) in [6, 6.07) is 3.57. The highest BCUT2D eigenvalue weighted by molar-refractivity contribution is 5.69. The first-order valence-electron chi connectivity index (χ1n) is 11.4. The van der Waals surface area contributed by atoms with Crippen LogP contribution in [-0.2, 0) is 36.2 Å². The first kappa shape index (κ1) is 25.1. The Morgan fingerprint density at radius 2 is 1.91 bits per heavy atom. The highest BCUT2D eigenvalue weighted by atomic mass is 16.5. The van der Waals surface area contributed by atoms with E-state index in [0.29, 0.717) is 36.7 Å². The van der Waals surface area contributed by atoms with Gasteiger partial charge in [-0.05, 0) is 43.7 Å². The second kappa shape index (κ2) is 11.5. The van der Waals surface area contributed by atoms with E-state index in [1.54, 1.807) is 24.5 Å². The van der Waals surface area contributed by atoms with Crippen molar-refractivity contribution in [2.45, 2.75) is 59.6 Å². The molecule has 182 valence electrons. The van der Waals surface area contributed by atoms with Gasteiger partial charge in [-0.25, -0.2) is 14.8 Å². The second-order valence-corrected chi connectivity index (χ2v) is 8.57. The number of unbranched alkanes of at least 4 members (excludes halogenated alkanes) is 2. The molecule has 3 aromatic rings. The zero-order valence-electron chi connectivity index (χ0n) is 20.1. The third-order valence-corrected chi connectivity index (χ3v) is 5.23. The van der Waals surface area contributed by atoms with Crippen molar-refractivity contribution in [2.75, 3.05) is 6.61 Å². The molecule has 0 aromatic carbocycles. The summed E-state index contributed by atoms with van der Waals surface area (Å²) in [5.41, 5.74) is 0.770. The molecule has 0 saturated carbocycles. The van der Waals surface area contributed by atoms with Gasteiger partial charge >= 0.3 is 11.7 Å². The molecule has 0 aliphatic carbocycles. The highest BCUT2D eigenvalue weighted by Crippen LogP contribution is 2.17. The van der Waals surface area contributed by atoms with E-state index in [0.717, 1.165) is 23.8 Å². The number of aryl methyl sites for hydroxylation is 1. The minimum Gasteiger partial charge on any atom is -0.486 e. The van der Waals surface area contributed by atoms with Crippen LogP contribution in [0.5, 0.6) is 5.75 Å². The normalized spacial score (nSPS) is 11.2. The summed E-state index contributed by atoms with van der Waals surface area (Å²) < 4.78 is 13.4. The molecule has 0 radical (unpaired) electrons. The predicted molar refractivity (Wildman–Crippen MR) is 127 cm³/mol. The number of carbonyl (C=O) groups is 1. The average molecular weight is 470 g/mol. The molecule has 34 heavy (non-hydrogen) atoms.